The third-order valence-corrected chi connectivity index (χ3v) is 2.79. The number of alkyl halides is 8. The van der Waals surface area contributed by atoms with Crippen molar-refractivity contribution < 1.29 is 54.2 Å². The number of hydrogen-bond donors (Lipinski definition) is 0. The predicted octanol–water partition coefficient (Wildman–Crippen LogP) is 3.80. The first-order valence-electron chi connectivity index (χ1n) is 6.63. The maximum atomic E-state index is 12.6. The Morgan fingerprint density at radius 2 is 1.00 bits per heavy atom. The lowest BCUT2D eigenvalue weighted by molar-refractivity contribution is -0.155. The van der Waals surface area contributed by atoms with Crippen LogP contribution in [-0.4, -0.2) is 49.8 Å². The van der Waals surface area contributed by atoms with E-state index in [9.17, 15) is 44.7 Å². The molecule has 0 radical (unpaired) electrons. The Morgan fingerprint density at radius 1 is 0.731 bits per heavy atom. The summed E-state index contributed by atoms with van der Waals surface area (Å²) in [6, 6.07) is 3.35. The van der Waals surface area contributed by atoms with E-state index in [2.05, 4.69) is 9.47 Å². The van der Waals surface area contributed by atoms with Crippen LogP contribution < -0.4 is 0 Å². The maximum absolute atomic E-state index is 12.6. The molecule has 12 heteroatoms. The molecule has 1 aromatic carbocycles. The Hall–Kier alpha value is -2.40. The molecule has 0 bridgehead atoms. The molecule has 0 aliphatic heterocycles. The zero-order chi connectivity index (χ0) is 20.1. The van der Waals surface area contributed by atoms with E-state index < -0.39 is 61.0 Å². The molecule has 1 aromatic rings. The molecule has 0 atom stereocenters. The minimum Gasteiger partial charge on any atom is -0.455 e. The van der Waals surface area contributed by atoms with E-state index >= 15 is 0 Å². The summed E-state index contributed by atoms with van der Waals surface area (Å²) >= 11 is 0. The number of benzene rings is 1. The third-order valence-electron chi connectivity index (χ3n) is 2.79. The Balaban J connectivity index is 2.65. The molecule has 0 saturated carbocycles. The second-order valence-electron chi connectivity index (χ2n) is 4.85. The molecule has 146 valence electrons. The predicted molar refractivity (Wildman–Crippen MR) is 68.9 cm³/mol. The number of carbonyl (C=O) groups excluding carboxylic acids is 2. The number of halogens is 8. The standard InChI is InChI=1S/C14H10F8O4/c15-11(16)13(19,20)5-25-9(23)7-1-2-8(4-3-7)10(24)26-6-14(21,22)12(17)18/h1-4,11-12H,5-6H2. The number of hydrogen-bond acceptors (Lipinski definition) is 4. The van der Waals surface area contributed by atoms with Gasteiger partial charge in [0.25, 0.3) is 0 Å². The van der Waals surface area contributed by atoms with Crippen LogP contribution in [0.25, 0.3) is 0 Å². The normalized spacial score (nSPS) is 12.4. The Morgan fingerprint density at radius 3 is 1.23 bits per heavy atom. The minimum atomic E-state index is -4.55. The van der Waals surface area contributed by atoms with Gasteiger partial charge in [-0.05, 0) is 24.3 Å². The first-order valence-corrected chi connectivity index (χ1v) is 6.63. The van der Waals surface area contributed by atoms with Crippen LogP contribution in [0, 0.1) is 0 Å². The number of carbonyl (C=O) groups is 2. The Labute approximate surface area is 140 Å². The minimum absolute atomic E-state index is 0.412. The monoisotopic (exact) mass is 394 g/mol. The van der Waals surface area contributed by atoms with Crippen molar-refractivity contribution in [3.63, 3.8) is 0 Å². The molecule has 0 amide bonds. The molecule has 0 aliphatic rings. The number of esters is 2. The second kappa shape index (κ2) is 8.32. The van der Waals surface area contributed by atoms with Crippen LogP contribution in [0.4, 0.5) is 35.1 Å². The van der Waals surface area contributed by atoms with Crippen molar-refractivity contribution in [1.82, 2.24) is 0 Å². The van der Waals surface area contributed by atoms with E-state index in [0.29, 0.717) is 0 Å². The highest BCUT2D eigenvalue weighted by molar-refractivity contribution is 5.93. The molecule has 0 heterocycles. The zero-order valence-corrected chi connectivity index (χ0v) is 12.5. The van der Waals surface area contributed by atoms with Gasteiger partial charge in [-0.25, -0.2) is 27.2 Å². The van der Waals surface area contributed by atoms with Crippen molar-refractivity contribution in [3.05, 3.63) is 35.4 Å². The Kier molecular flexibility index (Phi) is 6.93. The van der Waals surface area contributed by atoms with Crippen LogP contribution in [0.5, 0.6) is 0 Å². The van der Waals surface area contributed by atoms with Gasteiger partial charge in [0, 0.05) is 0 Å². The second-order valence-corrected chi connectivity index (χ2v) is 4.85. The van der Waals surface area contributed by atoms with Crippen LogP contribution in [0.3, 0.4) is 0 Å². The van der Waals surface area contributed by atoms with Gasteiger partial charge in [0.1, 0.15) is 0 Å². The smallest absolute Gasteiger partial charge is 0.340 e. The molecule has 0 fully saturated rings. The van der Waals surface area contributed by atoms with Crippen molar-refractivity contribution in [2.75, 3.05) is 13.2 Å². The van der Waals surface area contributed by atoms with Gasteiger partial charge in [-0.3, -0.25) is 0 Å². The van der Waals surface area contributed by atoms with Crippen molar-refractivity contribution in [3.8, 4) is 0 Å². The maximum Gasteiger partial charge on any atom is 0.340 e. The topological polar surface area (TPSA) is 52.6 Å². The molecule has 0 spiro atoms. The van der Waals surface area contributed by atoms with Gasteiger partial charge in [-0.1, -0.05) is 0 Å². The van der Waals surface area contributed by atoms with Gasteiger partial charge in [0.15, 0.2) is 13.2 Å². The average Bonchev–Trinajstić information content (AvgIpc) is 2.57. The van der Waals surface area contributed by atoms with E-state index in [1.54, 1.807) is 0 Å². The molecule has 0 saturated heterocycles. The van der Waals surface area contributed by atoms with E-state index in [1.807, 2.05) is 0 Å². The van der Waals surface area contributed by atoms with Crippen molar-refractivity contribution in [2.24, 2.45) is 0 Å². The van der Waals surface area contributed by atoms with Crippen molar-refractivity contribution in [2.45, 2.75) is 24.7 Å². The molecular formula is C14H10F8O4. The summed E-state index contributed by atoms with van der Waals surface area (Å²) in [5.74, 6) is -11.9. The summed E-state index contributed by atoms with van der Waals surface area (Å²) in [6.45, 7) is -3.76. The van der Waals surface area contributed by atoms with Gasteiger partial charge < -0.3 is 9.47 Å². The summed E-state index contributed by atoms with van der Waals surface area (Å²) in [4.78, 5) is 22.9. The van der Waals surface area contributed by atoms with Crippen LogP contribution in [0.1, 0.15) is 20.7 Å². The summed E-state index contributed by atoms with van der Waals surface area (Å²) in [5.41, 5.74) is -0.825. The van der Waals surface area contributed by atoms with E-state index in [4.69, 9.17) is 0 Å². The lowest BCUT2D eigenvalue weighted by atomic mass is 10.1. The fourth-order valence-electron chi connectivity index (χ4n) is 1.36. The molecule has 0 aliphatic carbocycles. The van der Waals surface area contributed by atoms with E-state index in [-0.39, 0.29) is 0 Å². The fraction of sp³-hybridized carbons (Fsp3) is 0.429. The Bertz CT molecular complexity index is 575. The van der Waals surface area contributed by atoms with Gasteiger partial charge in [-0.15, -0.1) is 0 Å². The molecule has 0 N–H and O–H groups in total. The third kappa shape index (κ3) is 5.85. The van der Waals surface area contributed by atoms with Crippen molar-refractivity contribution >= 4 is 11.9 Å². The van der Waals surface area contributed by atoms with E-state index in [1.165, 1.54) is 0 Å². The van der Waals surface area contributed by atoms with Crippen LogP contribution in [0.2, 0.25) is 0 Å². The average molecular weight is 394 g/mol. The van der Waals surface area contributed by atoms with Crippen LogP contribution >= 0.6 is 0 Å². The highest BCUT2D eigenvalue weighted by atomic mass is 19.3. The summed E-state index contributed by atoms with van der Waals surface area (Å²) in [6.07, 6.45) is -8.09. The van der Waals surface area contributed by atoms with Crippen LogP contribution in [0.15, 0.2) is 24.3 Å². The molecule has 4 nitrogen and oxygen atoms in total. The summed E-state index contributed by atoms with van der Waals surface area (Å²) in [5, 5.41) is 0. The van der Waals surface area contributed by atoms with Crippen molar-refractivity contribution in [1.29, 1.82) is 0 Å². The van der Waals surface area contributed by atoms with Gasteiger partial charge in [0.05, 0.1) is 11.1 Å². The number of rotatable bonds is 8. The highest BCUT2D eigenvalue weighted by Gasteiger charge is 2.43. The zero-order valence-electron chi connectivity index (χ0n) is 12.5. The van der Waals surface area contributed by atoms with Gasteiger partial charge in [0.2, 0.25) is 0 Å². The molecule has 0 aromatic heterocycles. The van der Waals surface area contributed by atoms with E-state index in [0.717, 1.165) is 24.3 Å². The largest absolute Gasteiger partial charge is 0.455 e. The molecule has 0 unspecified atom stereocenters. The number of ether oxygens (including phenoxy) is 2. The SMILES string of the molecule is O=C(OCC(F)(F)C(F)F)c1ccc(C(=O)OCC(F)(F)C(F)F)cc1. The lowest BCUT2D eigenvalue weighted by Crippen LogP contribution is -2.33. The highest BCUT2D eigenvalue weighted by Crippen LogP contribution is 2.24. The summed E-state index contributed by atoms with van der Waals surface area (Å²) in [7, 11) is 0. The fourth-order valence-corrected chi connectivity index (χ4v) is 1.36. The van der Waals surface area contributed by atoms with Gasteiger partial charge in [-0.2, -0.15) is 17.6 Å². The first-order chi connectivity index (χ1) is 11.9. The van der Waals surface area contributed by atoms with Gasteiger partial charge >= 0.3 is 36.6 Å². The lowest BCUT2D eigenvalue weighted by Gasteiger charge is -2.15. The summed E-state index contributed by atoms with van der Waals surface area (Å²) < 4.78 is 106. The quantitative estimate of drug-likeness (QED) is 0.497. The molecular weight excluding hydrogens is 384 g/mol. The molecule has 1 rings (SSSR count). The first kappa shape index (κ1) is 21.6. The molecule has 26 heavy (non-hydrogen) atoms. The van der Waals surface area contributed by atoms with Crippen LogP contribution in [-0.2, 0) is 9.47 Å².